The molecule has 0 fully saturated rings. The predicted octanol–water partition coefficient (Wildman–Crippen LogP) is 2.30. The molecule has 3 aromatic rings. The van der Waals surface area contributed by atoms with E-state index >= 15 is 0 Å². The minimum atomic E-state index is -1.94. The predicted molar refractivity (Wildman–Crippen MR) is 131 cm³/mol. The van der Waals surface area contributed by atoms with Crippen LogP contribution in [0, 0.1) is 0 Å². The Morgan fingerprint density at radius 3 is 2.89 bits per heavy atom. The van der Waals surface area contributed by atoms with Gasteiger partial charge >= 0.3 is 5.97 Å². The number of ether oxygens (including phenoxy) is 3. The third-order valence-corrected chi connectivity index (χ3v) is 7.32. The van der Waals surface area contributed by atoms with Crippen LogP contribution < -0.4 is 20.3 Å². The van der Waals surface area contributed by atoms with Gasteiger partial charge in [-0.2, -0.15) is 0 Å². The molecule has 0 radical (unpaired) electrons. The van der Waals surface area contributed by atoms with Crippen LogP contribution in [-0.4, -0.2) is 39.9 Å². The maximum Gasteiger partial charge on any atom is 0.343 e. The SMILES string of the molecule is CC[C@@]1(O)C(=O)OCc2c1cc1n(c2=O)Cc2c-1nc1c(C(C)NC(=O)CN=[N+]=[N-])ccc3c1c2OCO3. The van der Waals surface area contributed by atoms with Crippen LogP contribution in [-0.2, 0) is 33.1 Å². The van der Waals surface area contributed by atoms with Gasteiger partial charge in [-0.1, -0.05) is 18.1 Å². The number of esters is 1. The van der Waals surface area contributed by atoms with E-state index in [0.717, 1.165) is 0 Å². The Balaban J connectivity index is 1.57. The van der Waals surface area contributed by atoms with Gasteiger partial charge in [0.2, 0.25) is 12.7 Å². The number of pyridine rings is 2. The van der Waals surface area contributed by atoms with Gasteiger partial charge in [0.15, 0.2) is 5.60 Å². The van der Waals surface area contributed by atoms with Crippen molar-refractivity contribution in [2.75, 3.05) is 13.3 Å². The molecule has 2 aromatic heterocycles. The van der Waals surface area contributed by atoms with Crippen molar-refractivity contribution >= 4 is 22.8 Å². The van der Waals surface area contributed by atoms with Gasteiger partial charge in [-0.25, -0.2) is 9.78 Å². The largest absolute Gasteiger partial charge is 0.458 e. The number of azide groups is 1. The summed E-state index contributed by atoms with van der Waals surface area (Å²) < 4.78 is 18.3. The van der Waals surface area contributed by atoms with E-state index in [-0.39, 0.29) is 49.6 Å². The number of rotatable bonds is 5. The molecule has 5 heterocycles. The summed E-state index contributed by atoms with van der Waals surface area (Å²) in [5, 5.41) is 17.8. The normalized spacial score (nSPS) is 19.2. The van der Waals surface area contributed by atoms with Crippen molar-refractivity contribution in [3.05, 3.63) is 61.2 Å². The Hall–Kier alpha value is -4.61. The van der Waals surface area contributed by atoms with E-state index in [0.29, 0.717) is 44.9 Å². The van der Waals surface area contributed by atoms with E-state index < -0.39 is 23.5 Å². The van der Waals surface area contributed by atoms with Gasteiger partial charge in [0, 0.05) is 21.6 Å². The van der Waals surface area contributed by atoms with E-state index in [4.69, 9.17) is 24.7 Å². The fraction of sp³-hybridized carbons (Fsp3) is 0.360. The third-order valence-electron chi connectivity index (χ3n) is 7.32. The second-order valence-corrected chi connectivity index (χ2v) is 9.33. The molecule has 194 valence electrons. The molecule has 13 heteroatoms. The summed E-state index contributed by atoms with van der Waals surface area (Å²) in [6.07, 6.45) is 0.0337. The van der Waals surface area contributed by atoms with Crippen molar-refractivity contribution in [2.24, 2.45) is 5.11 Å². The van der Waals surface area contributed by atoms with Gasteiger partial charge in [-0.15, -0.1) is 0 Å². The lowest BCUT2D eigenvalue weighted by atomic mass is 9.86. The van der Waals surface area contributed by atoms with E-state index in [1.54, 1.807) is 32.0 Å². The Morgan fingerprint density at radius 2 is 2.13 bits per heavy atom. The van der Waals surface area contributed by atoms with Crippen molar-refractivity contribution in [1.29, 1.82) is 0 Å². The van der Waals surface area contributed by atoms with Crippen LogP contribution >= 0.6 is 0 Å². The number of cyclic esters (lactones) is 1. The molecule has 2 atom stereocenters. The highest BCUT2D eigenvalue weighted by molar-refractivity contribution is 5.98. The van der Waals surface area contributed by atoms with Gasteiger partial charge in [0.05, 0.1) is 40.4 Å². The second kappa shape index (κ2) is 8.47. The second-order valence-electron chi connectivity index (χ2n) is 9.33. The van der Waals surface area contributed by atoms with Crippen LogP contribution in [0.15, 0.2) is 28.1 Å². The third kappa shape index (κ3) is 3.25. The number of hydrogen-bond acceptors (Lipinski definition) is 9. The number of aliphatic hydroxyl groups is 1. The number of nitrogens with one attached hydrogen (secondary N) is 1. The van der Waals surface area contributed by atoms with Gasteiger partial charge < -0.3 is 29.2 Å². The highest BCUT2D eigenvalue weighted by atomic mass is 16.7. The van der Waals surface area contributed by atoms with Gasteiger partial charge in [0.1, 0.15) is 24.7 Å². The zero-order chi connectivity index (χ0) is 26.8. The maximum atomic E-state index is 13.5. The first-order chi connectivity index (χ1) is 18.3. The zero-order valence-corrected chi connectivity index (χ0v) is 20.5. The molecule has 2 N–H and O–H groups in total. The topological polar surface area (TPSA) is 178 Å². The molecular weight excluding hydrogens is 496 g/mol. The molecule has 0 bridgehead atoms. The molecule has 3 aliphatic heterocycles. The minimum Gasteiger partial charge on any atom is -0.458 e. The van der Waals surface area contributed by atoms with Crippen molar-refractivity contribution < 1.29 is 28.9 Å². The molecule has 3 aliphatic rings. The first-order valence-corrected chi connectivity index (χ1v) is 12.0. The quantitative estimate of drug-likeness (QED) is 0.175. The number of aromatic nitrogens is 2. The maximum absolute atomic E-state index is 13.5. The highest BCUT2D eigenvalue weighted by Gasteiger charge is 2.45. The summed E-state index contributed by atoms with van der Waals surface area (Å²) in [7, 11) is 0. The van der Waals surface area contributed by atoms with Gasteiger partial charge in [0.25, 0.3) is 5.56 Å². The summed E-state index contributed by atoms with van der Waals surface area (Å²) in [4.78, 5) is 45.7. The zero-order valence-electron chi connectivity index (χ0n) is 20.5. The average molecular weight is 518 g/mol. The average Bonchev–Trinajstić information content (AvgIpc) is 3.29. The van der Waals surface area contributed by atoms with Crippen molar-refractivity contribution in [1.82, 2.24) is 14.9 Å². The number of nitrogens with zero attached hydrogens (tertiary/aromatic N) is 5. The minimum absolute atomic E-state index is 0.0317. The lowest BCUT2D eigenvalue weighted by molar-refractivity contribution is -0.172. The Labute approximate surface area is 214 Å². The van der Waals surface area contributed by atoms with Gasteiger partial charge in [-0.05, 0) is 31.0 Å². The summed E-state index contributed by atoms with van der Waals surface area (Å²) >= 11 is 0. The fourth-order valence-electron chi connectivity index (χ4n) is 5.38. The molecule has 0 aliphatic carbocycles. The molecule has 0 saturated carbocycles. The van der Waals surface area contributed by atoms with E-state index in [9.17, 15) is 19.5 Å². The Morgan fingerprint density at radius 1 is 1.32 bits per heavy atom. The summed E-state index contributed by atoms with van der Waals surface area (Å²) in [6, 6.07) is 4.67. The Bertz CT molecular complexity index is 1680. The summed E-state index contributed by atoms with van der Waals surface area (Å²) in [5.41, 5.74) is 9.36. The van der Waals surface area contributed by atoms with E-state index in [1.807, 2.05) is 0 Å². The lowest BCUT2D eigenvalue weighted by Crippen LogP contribution is -2.44. The van der Waals surface area contributed by atoms with Crippen molar-refractivity contribution in [3.63, 3.8) is 0 Å². The van der Waals surface area contributed by atoms with Crippen LogP contribution in [0.1, 0.15) is 48.6 Å². The molecule has 0 spiro atoms. The fourth-order valence-corrected chi connectivity index (χ4v) is 5.38. The molecule has 38 heavy (non-hydrogen) atoms. The monoisotopic (exact) mass is 518 g/mol. The van der Waals surface area contributed by atoms with Gasteiger partial charge in [-0.3, -0.25) is 9.59 Å². The lowest BCUT2D eigenvalue weighted by Gasteiger charge is -2.31. The van der Waals surface area contributed by atoms with E-state index in [1.165, 1.54) is 4.57 Å². The van der Waals surface area contributed by atoms with E-state index in [2.05, 4.69) is 15.3 Å². The molecule has 6 rings (SSSR count). The van der Waals surface area contributed by atoms with Crippen LogP contribution in [0.2, 0.25) is 0 Å². The summed E-state index contributed by atoms with van der Waals surface area (Å²) in [6.45, 7) is 2.99. The molecule has 0 saturated heterocycles. The first kappa shape index (κ1) is 23.8. The van der Waals surface area contributed by atoms with Crippen molar-refractivity contribution in [2.45, 2.75) is 45.1 Å². The molecule has 1 aromatic carbocycles. The van der Waals surface area contributed by atoms with Crippen LogP contribution in [0.4, 0.5) is 0 Å². The Kier molecular flexibility index (Phi) is 5.30. The van der Waals surface area contributed by atoms with Crippen LogP contribution in [0.25, 0.3) is 32.7 Å². The number of amides is 1. The number of carbonyl (C=O) groups excluding carboxylic acids is 2. The van der Waals surface area contributed by atoms with Crippen LogP contribution in [0.3, 0.4) is 0 Å². The number of carbonyl (C=O) groups is 2. The number of benzene rings is 1. The summed E-state index contributed by atoms with van der Waals surface area (Å²) in [5.74, 6) is -0.188. The first-order valence-electron chi connectivity index (χ1n) is 12.0. The molecular formula is C25H22N6O7. The van der Waals surface area contributed by atoms with Crippen LogP contribution in [0.5, 0.6) is 11.5 Å². The molecule has 13 nitrogen and oxygen atoms in total. The molecule has 1 unspecified atom stereocenters. The van der Waals surface area contributed by atoms with Crippen molar-refractivity contribution in [3.8, 4) is 22.9 Å². The highest BCUT2D eigenvalue weighted by Crippen LogP contribution is 2.47. The number of hydrogen-bond donors (Lipinski definition) is 2. The number of fused-ring (bicyclic) bond motifs is 5. The smallest absolute Gasteiger partial charge is 0.343 e. The molecule has 1 amide bonds. The standard InChI is InChI=1S/C25H22N6O7/c1-3-25(35)15-6-16-20-13(8-31(16)23(33)14(15)9-36-24(25)34)22-19-17(37-10-38-22)5-4-12(21(19)29-20)11(2)28-18(32)7-27-30-26/h4-6,11,35H,3,7-10H2,1-2H3,(H,28,32)/t11?,25-/m0/s1.